The van der Waals surface area contributed by atoms with Gasteiger partial charge in [0.25, 0.3) is 0 Å². The molecular weight excluding hydrogens is 464 g/mol. The zero-order valence-corrected chi connectivity index (χ0v) is 17.4. The van der Waals surface area contributed by atoms with E-state index in [-0.39, 0.29) is 22.3 Å². The summed E-state index contributed by atoms with van der Waals surface area (Å²) in [4.78, 5) is 0. The van der Waals surface area contributed by atoms with Crippen LogP contribution in [0.5, 0.6) is 0 Å². The first kappa shape index (κ1) is 23.5. The number of halogens is 8. The van der Waals surface area contributed by atoms with E-state index in [1.54, 1.807) is 6.92 Å². The lowest BCUT2D eigenvalue weighted by atomic mass is 9.90. The van der Waals surface area contributed by atoms with Crippen molar-refractivity contribution in [1.29, 1.82) is 0 Å². The van der Waals surface area contributed by atoms with E-state index in [2.05, 4.69) is 0 Å². The fourth-order valence-electron chi connectivity index (χ4n) is 3.68. The first-order valence-corrected chi connectivity index (χ1v) is 9.95. The molecule has 0 amide bonds. The molecule has 0 atom stereocenters. The van der Waals surface area contributed by atoms with Gasteiger partial charge in [-0.15, -0.1) is 0 Å². The van der Waals surface area contributed by atoms with E-state index >= 15 is 0 Å². The Morgan fingerprint density at radius 3 is 1.06 bits per heavy atom. The minimum absolute atomic E-state index is 0.157. The van der Waals surface area contributed by atoms with Gasteiger partial charge in [-0.25, -0.2) is 35.1 Å². The largest absolute Gasteiger partial charge is 0.206 e. The van der Waals surface area contributed by atoms with Crippen molar-refractivity contribution in [3.8, 4) is 22.3 Å². The summed E-state index contributed by atoms with van der Waals surface area (Å²) in [6.07, 6.45) is 0. The summed E-state index contributed by atoms with van der Waals surface area (Å²) >= 11 is 0. The molecule has 0 aromatic heterocycles. The van der Waals surface area contributed by atoms with Crippen LogP contribution in [-0.2, 0) is 0 Å². The minimum atomic E-state index is -1.66. The van der Waals surface area contributed by atoms with Gasteiger partial charge in [-0.1, -0.05) is 31.2 Å². The smallest absolute Gasteiger partial charge is 0.194 e. The van der Waals surface area contributed by atoms with E-state index in [1.807, 2.05) is 0 Å². The second-order valence-electron chi connectivity index (χ2n) is 7.71. The Balaban J connectivity index is 1.65. The summed E-state index contributed by atoms with van der Waals surface area (Å²) < 4.78 is 110. The van der Waals surface area contributed by atoms with Crippen LogP contribution >= 0.6 is 0 Å². The molecule has 0 aliphatic heterocycles. The number of hydrogen-bond donors (Lipinski definition) is 0. The van der Waals surface area contributed by atoms with E-state index in [9.17, 15) is 35.1 Å². The highest BCUT2D eigenvalue weighted by atomic mass is 19.2. The summed E-state index contributed by atoms with van der Waals surface area (Å²) in [7, 11) is 0. The van der Waals surface area contributed by atoms with Crippen molar-refractivity contribution in [3.05, 3.63) is 118 Å². The zero-order valence-electron chi connectivity index (χ0n) is 17.4. The van der Waals surface area contributed by atoms with E-state index < -0.39 is 52.5 Å². The molecule has 0 aliphatic carbocycles. The van der Waals surface area contributed by atoms with Gasteiger partial charge < -0.3 is 0 Å². The normalized spacial score (nSPS) is 11.4. The molecule has 4 rings (SSSR count). The minimum Gasteiger partial charge on any atom is -0.206 e. The molecule has 0 heterocycles. The van der Waals surface area contributed by atoms with Crippen molar-refractivity contribution >= 4 is 0 Å². The van der Waals surface area contributed by atoms with Gasteiger partial charge >= 0.3 is 0 Å². The average Bonchev–Trinajstić information content (AvgIpc) is 2.79. The first-order chi connectivity index (χ1) is 16.1. The van der Waals surface area contributed by atoms with Crippen molar-refractivity contribution in [3.63, 3.8) is 0 Å². The maximum atomic E-state index is 14.7. The molecule has 0 nitrogen and oxygen atoms in total. The Labute approximate surface area is 189 Å². The van der Waals surface area contributed by atoms with Crippen molar-refractivity contribution in [1.82, 2.24) is 0 Å². The Morgan fingerprint density at radius 1 is 0.441 bits per heavy atom. The van der Waals surface area contributed by atoms with Crippen molar-refractivity contribution < 1.29 is 35.1 Å². The Kier molecular flexibility index (Phi) is 6.17. The van der Waals surface area contributed by atoms with Gasteiger partial charge in [0.2, 0.25) is 0 Å². The molecular formula is C26H14F8. The highest BCUT2D eigenvalue weighted by Crippen LogP contribution is 2.33. The van der Waals surface area contributed by atoms with E-state index in [0.717, 1.165) is 12.1 Å². The summed E-state index contributed by atoms with van der Waals surface area (Å²) in [6, 6.07) is 10.4. The van der Waals surface area contributed by atoms with Gasteiger partial charge in [-0.3, -0.25) is 0 Å². The van der Waals surface area contributed by atoms with Crippen LogP contribution in [0.25, 0.3) is 22.3 Å². The highest BCUT2D eigenvalue weighted by Gasteiger charge is 2.18. The third-order valence-electron chi connectivity index (χ3n) is 5.58. The molecule has 0 unspecified atom stereocenters. The molecule has 0 spiro atoms. The molecule has 0 saturated carbocycles. The fourth-order valence-corrected chi connectivity index (χ4v) is 3.68. The van der Waals surface area contributed by atoms with Crippen LogP contribution in [0.4, 0.5) is 35.1 Å². The second-order valence-corrected chi connectivity index (χ2v) is 7.71. The van der Waals surface area contributed by atoms with Gasteiger partial charge in [-0.05, 0) is 58.7 Å². The lowest BCUT2D eigenvalue weighted by Gasteiger charge is -2.16. The summed E-state index contributed by atoms with van der Waals surface area (Å²) in [5.74, 6) is -11.3. The quantitative estimate of drug-likeness (QED) is 0.205. The molecule has 0 N–H and O–H groups in total. The first-order valence-electron chi connectivity index (χ1n) is 9.95. The molecule has 0 bridgehead atoms. The van der Waals surface area contributed by atoms with Crippen LogP contribution in [0.2, 0.25) is 0 Å². The Hall–Kier alpha value is -3.68. The maximum Gasteiger partial charge on any atom is 0.194 e. The molecule has 4 aromatic carbocycles. The average molecular weight is 478 g/mol. The Morgan fingerprint density at radius 2 is 0.765 bits per heavy atom. The van der Waals surface area contributed by atoms with E-state index in [4.69, 9.17) is 0 Å². The SMILES string of the molecule is CC(c1ccc(-c2cc(F)c(F)c(F)c2)c(F)c1)c1ccc(-c2cc(F)c(F)c(F)c2)c(F)c1. The van der Waals surface area contributed by atoms with Gasteiger partial charge in [0.15, 0.2) is 34.9 Å². The van der Waals surface area contributed by atoms with Crippen molar-refractivity contribution in [2.24, 2.45) is 0 Å². The van der Waals surface area contributed by atoms with Gasteiger partial charge in [-0.2, -0.15) is 0 Å². The summed E-state index contributed by atoms with van der Waals surface area (Å²) in [6.45, 7) is 1.65. The van der Waals surface area contributed by atoms with Crippen molar-refractivity contribution in [2.75, 3.05) is 0 Å². The fraction of sp³-hybridized carbons (Fsp3) is 0.0769. The van der Waals surface area contributed by atoms with Crippen LogP contribution in [0, 0.1) is 46.5 Å². The van der Waals surface area contributed by atoms with E-state index in [0.29, 0.717) is 35.4 Å². The summed E-state index contributed by atoms with van der Waals surface area (Å²) in [5.41, 5.74) is 0.0986. The topological polar surface area (TPSA) is 0 Å². The maximum absolute atomic E-state index is 14.7. The van der Waals surface area contributed by atoms with Crippen LogP contribution in [0.15, 0.2) is 60.7 Å². The zero-order chi connectivity index (χ0) is 24.7. The van der Waals surface area contributed by atoms with Crippen LogP contribution in [-0.4, -0.2) is 0 Å². The van der Waals surface area contributed by atoms with Crippen LogP contribution in [0.3, 0.4) is 0 Å². The van der Waals surface area contributed by atoms with Gasteiger partial charge in [0, 0.05) is 17.0 Å². The second kappa shape index (κ2) is 8.93. The standard InChI is InChI=1S/C26H14F8/c1-12(13-2-4-17(19(27)6-13)15-8-21(29)25(33)22(30)9-15)14-3-5-18(20(28)7-14)16-10-23(31)26(34)24(32)11-16/h2-12H,1H3. The molecule has 4 aromatic rings. The molecule has 0 fully saturated rings. The molecule has 8 heteroatoms. The van der Waals surface area contributed by atoms with Gasteiger partial charge in [0.05, 0.1) is 0 Å². The monoisotopic (exact) mass is 478 g/mol. The van der Waals surface area contributed by atoms with Crippen LogP contribution < -0.4 is 0 Å². The van der Waals surface area contributed by atoms with Crippen molar-refractivity contribution in [2.45, 2.75) is 12.8 Å². The number of hydrogen-bond acceptors (Lipinski definition) is 0. The molecule has 174 valence electrons. The third kappa shape index (κ3) is 4.27. The lowest BCUT2D eigenvalue weighted by Crippen LogP contribution is -2.00. The van der Waals surface area contributed by atoms with Crippen LogP contribution in [0.1, 0.15) is 24.0 Å². The molecule has 34 heavy (non-hydrogen) atoms. The Bertz CT molecular complexity index is 1260. The molecule has 0 radical (unpaired) electrons. The summed E-state index contributed by atoms with van der Waals surface area (Å²) in [5, 5.41) is 0. The van der Waals surface area contributed by atoms with E-state index in [1.165, 1.54) is 24.3 Å². The van der Waals surface area contributed by atoms with Gasteiger partial charge in [0.1, 0.15) is 11.6 Å². The number of rotatable bonds is 4. The highest BCUT2D eigenvalue weighted by molar-refractivity contribution is 5.66. The molecule has 0 saturated heterocycles. The molecule has 0 aliphatic rings. The third-order valence-corrected chi connectivity index (χ3v) is 5.58. The predicted molar refractivity (Wildman–Crippen MR) is 111 cm³/mol. The predicted octanol–water partition coefficient (Wildman–Crippen LogP) is 8.29. The number of benzene rings is 4. The lowest BCUT2D eigenvalue weighted by molar-refractivity contribution is 0.447.